The first kappa shape index (κ1) is 21.6. The molecule has 0 aromatic heterocycles. The number of carboxylic acids is 1. The summed E-state index contributed by atoms with van der Waals surface area (Å²) in [6.07, 6.45) is 0.547. The number of benzene rings is 1. The fourth-order valence-electron chi connectivity index (χ4n) is 2.31. The van der Waals surface area contributed by atoms with E-state index in [1.807, 2.05) is 6.92 Å². The summed E-state index contributed by atoms with van der Waals surface area (Å²) in [5.41, 5.74) is 0.0769. The summed E-state index contributed by atoms with van der Waals surface area (Å²) >= 11 is 0. The van der Waals surface area contributed by atoms with Crippen molar-refractivity contribution < 1.29 is 28.6 Å². The van der Waals surface area contributed by atoms with Crippen molar-refractivity contribution in [2.24, 2.45) is 5.92 Å². The summed E-state index contributed by atoms with van der Waals surface area (Å²) in [4.78, 5) is 36.5. The number of anilines is 1. The molecular formula is C18H25FN2O5. The largest absolute Gasteiger partial charge is 0.481 e. The van der Waals surface area contributed by atoms with E-state index in [1.54, 1.807) is 0 Å². The van der Waals surface area contributed by atoms with Crippen molar-refractivity contribution in [3.8, 4) is 0 Å². The van der Waals surface area contributed by atoms with Crippen LogP contribution in [0.5, 0.6) is 0 Å². The van der Waals surface area contributed by atoms with Gasteiger partial charge in [0.2, 0.25) is 5.91 Å². The van der Waals surface area contributed by atoms with Gasteiger partial charge in [-0.1, -0.05) is 6.92 Å². The van der Waals surface area contributed by atoms with E-state index in [9.17, 15) is 18.8 Å². The first-order valence-electron chi connectivity index (χ1n) is 8.43. The van der Waals surface area contributed by atoms with Crippen LogP contribution in [0.15, 0.2) is 18.2 Å². The van der Waals surface area contributed by atoms with E-state index in [2.05, 4.69) is 5.32 Å². The van der Waals surface area contributed by atoms with Gasteiger partial charge in [0, 0.05) is 38.8 Å². The van der Waals surface area contributed by atoms with Gasteiger partial charge in [-0.25, -0.2) is 4.39 Å². The number of nitrogens with zero attached hydrogens (tertiary/aromatic N) is 1. The summed E-state index contributed by atoms with van der Waals surface area (Å²) in [6.45, 7) is 5.94. The Labute approximate surface area is 152 Å². The predicted molar refractivity (Wildman–Crippen MR) is 94.5 cm³/mol. The van der Waals surface area contributed by atoms with Crippen molar-refractivity contribution in [1.29, 1.82) is 0 Å². The number of carbonyl (C=O) groups is 3. The highest BCUT2D eigenvalue weighted by Crippen LogP contribution is 2.18. The Morgan fingerprint density at radius 1 is 1.35 bits per heavy atom. The maximum absolute atomic E-state index is 13.8. The maximum atomic E-state index is 13.8. The lowest BCUT2D eigenvalue weighted by atomic mass is 10.1. The summed E-state index contributed by atoms with van der Waals surface area (Å²) in [6, 6.07) is 3.65. The average Bonchev–Trinajstić information content (AvgIpc) is 2.58. The molecule has 0 aliphatic heterocycles. The number of amides is 2. The SMILES string of the molecule is CCOCCCN(CC(C)C(=O)O)C(=O)c1ccc(F)c(NC(C)=O)c1. The lowest BCUT2D eigenvalue weighted by Gasteiger charge is -2.25. The van der Waals surface area contributed by atoms with Crippen molar-refractivity contribution in [2.75, 3.05) is 31.6 Å². The number of carbonyl (C=O) groups excluding carboxylic acids is 2. The Balaban J connectivity index is 2.98. The standard InChI is InChI=1S/C18H25FN2O5/c1-4-26-9-5-8-21(11-12(2)18(24)25)17(23)14-6-7-15(19)16(10-14)20-13(3)22/h6-7,10,12H,4-5,8-9,11H2,1-3H3,(H,20,22)(H,24,25). The van der Waals surface area contributed by atoms with Crippen LogP contribution in [0.1, 0.15) is 37.6 Å². The monoisotopic (exact) mass is 368 g/mol. The molecule has 1 rings (SSSR count). The highest BCUT2D eigenvalue weighted by Gasteiger charge is 2.22. The Kier molecular flexibility index (Phi) is 8.71. The van der Waals surface area contributed by atoms with Crippen LogP contribution in [0.4, 0.5) is 10.1 Å². The Bertz CT molecular complexity index is 650. The summed E-state index contributed by atoms with van der Waals surface area (Å²) in [5.74, 6) is -3.30. The van der Waals surface area contributed by atoms with Crippen LogP contribution in [-0.4, -0.2) is 54.1 Å². The van der Waals surface area contributed by atoms with E-state index in [0.717, 1.165) is 6.07 Å². The van der Waals surface area contributed by atoms with E-state index >= 15 is 0 Å². The van der Waals surface area contributed by atoms with E-state index in [1.165, 1.54) is 30.9 Å². The third-order valence-electron chi connectivity index (χ3n) is 3.65. The molecule has 2 N–H and O–H groups in total. The first-order valence-corrected chi connectivity index (χ1v) is 8.43. The zero-order chi connectivity index (χ0) is 19.7. The number of carboxylic acid groups (broad SMARTS) is 1. The Morgan fingerprint density at radius 2 is 2.04 bits per heavy atom. The molecule has 7 nitrogen and oxygen atoms in total. The zero-order valence-electron chi connectivity index (χ0n) is 15.3. The molecule has 0 spiro atoms. The number of nitrogens with one attached hydrogen (secondary N) is 1. The molecule has 0 aliphatic carbocycles. The molecule has 0 fully saturated rings. The molecule has 1 aromatic rings. The highest BCUT2D eigenvalue weighted by atomic mass is 19.1. The van der Waals surface area contributed by atoms with E-state index < -0.39 is 29.5 Å². The van der Waals surface area contributed by atoms with Crippen LogP contribution in [0.3, 0.4) is 0 Å². The van der Waals surface area contributed by atoms with Crippen molar-refractivity contribution in [2.45, 2.75) is 27.2 Å². The molecule has 0 aliphatic rings. The summed E-state index contributed by atoms with van der Waals surface area (Å²) in [7, 11) is 0. The number of halogens is 1. The molecule has 0 radical (unpaired) electrons. The molecule has 144 valence electrons. The van der Waals surface area contributed by atoms with Crippen LogP contribution < -0.4 is 5.32 Å². The molecule has 0 bridgehead atoms. The minimum absolute atomic E-state index is 0.0210. The van der Waals surface area contributed by atoms with Crippen LogP contribution in [0.25, 0.3) is 0 Å². The van der Waals surface area contributed by atoms with Crippen LogP contribution >= 0.6 is 0 Å². The third kappa shape index (κ3) is 6.79. The number of hydrogen-bond donors (Lipinski definition) is 2. The molecule has 8 heteroatoms. The van der Waals surface area contributed by atoms with Gasteiger partial charge in [-0.2, -0.15) is 0 Å². The molecule has 0 saturated carbocycles. The van der Waals surface area contributed by atoms with Gasteiger partial charge < -0.3 is 20.1 Å². The fourth-order valence-corrected chi connectivity index (χ4v) is 2.31. The van der Waals surface area contributed by atoms with Crippen molar-refractivity contribution >= 4 is 23.5 Å². The van der Waals surface area contributed by atoms with Crippen molar-refractivity contribution in [1.82, 2.24) is 4.90 Å². The summed E-state index contributed by atoms with van der Waals surface area (Å²) in [5, 5.41) is 11.4. The quantitative estimate of drug-likeness (QED) is 0.618. The van der Waals surface area contributed by atoms with E-state index in [-0.39, 0.29) is 17.8 Å². The van der Waals surface area contributed by atoms with Gasteiger partial charge in [-0.05, 0) is 31.5 Å². The molecule has 0 heterocycles. The Morgan fingerprint density at radius 3 is 2.62 bits per heavy atom. The highest BCUT2D eigenvalue weighted by molar-refractivity contribution is 5.97. The molecule has 0 saturated heterocycles. The molecule has 1 atom stereocenters. The van der Waals surface area contributed by atoms with Crippen LogP contribution in [0, 0.1) is 11.7 Å². The predicted octanol–water partition coefficient (Wildman–Crippen LogP) is 2.37. The number of rotatable bonds is 10. The van der Waals surface area contributed by atoms with Gasteiger partial charge in [0.15, 0.2) is 0 Å². The number of aliphatic carboxylic acids is 1. The lowest BCUT2D eigenvalue weighted by molar-refractivity contribution is -0.141. The zero-order valence-corrected chi connectivity index (χ0v) is 15.3. The van der Waals surface area contributed by atoms with Crippen molar-refractivity contribution in [3.63, 3.8) is 0 Å². The normalized spacial score (nSPS) is 11.7. The molecule has 26 heavy (non-hydrogen) atoms. The second-order valence-corrected chi connectivity index (χ2v) is 5.92. The van der Waals surface area contributed by atoms with E-state index in [0.29, 0.717) is 26.2 Å². The third-order valence-corrected chi connectivity index (χ3v) is 3.65. The van der Waals surface area contributed by atoms with Crippen molar-refractivity contribution in [3.05, 3.63) is 29.6 Å². The van der Waals surface area contributed by atoms with Gasteiger partial charge in [-0.15, -0.1) is 0 Å². The van der Waals surface area contributed by atoms with Gasteiger partial charge in [0.05, 0.1) is 11.6 Å². The summed E-state index contributed by atoms with van der Waals surface area (Å²) < 4.78 is 19.0. The molecule has 1 aromatic carbocycles. The minimum Gasteiger partial charge on any atom is -0.481 e. The second kappa shape index (κ2) is 10.5. The van der Waals surface area contributed by atoms with Gasteiger partial charge in [0.25, 0.3) is 5.91 Å². The molecule has 2 amide bonds. The van der Waals surface area contributed by atoms with E-state index in [4.69, 9.17) is 9.84 Å². The van der Waals surface area contributed by atoms with Gasteiger partial charge in [0.1, 0.15) is 5.82 Å². The number of hydrogen-bond acceptors (Lipinski definition) is 4. The second-order valence-electron chi connectivity index (χ2n) is 5.92. The molecular weight excluding hydrogens is 343 g/mol. The molecule has 1 unspecified atom stereocenters. The van der Waals surface area contributed by atoms with Crippen LogP contribution in [-0.2, 0) is 14.3 Å². The topological polar surface area (TPSA) is 95.9 Å². The number of ether oxygens (including phenoxy) is 1. The average molecular weight is 368 g/mol. The van der Waals surface area contributed by atoms with Crippen LogP contribution in [0.2, 0.25) is 0 Å². The minimum atomic E-state index is -1.01. The Hall–Kier alpha value is -2.48. The smallest absolute Gasteiger partial charge is 0.308 e. The lowest BCUT2D eigenvalue weighted by Crippen LogP contribution is -2.38. The maximum Gasteiger partial charge on any atom is 0.308 e. The first-order chi connectivity index (χ1) is 12.3. The fraction of sp³-hybridized carbons (Fsp3) is 0.500. The van der Waals surface area contributed by atoms with Gasteiger partial charge >= 0.3 is 5.97 Å². The van der Waals surface area contributed by atoms with Gasteiger partial charge in [-0.3, -0.25) is 14.4 Å².